The van der Waals surface area contributed by atoms with Gasteiger partial charge in [-0.1, -0.05) is 11.6 Å². The molecule has 1 unspecified atom stereocenters. The first-order chi connectivity index (χ1) is 7.89. The summed E-state index contributed by atoms with van der Waals surface area (Å²) in [6.45, 7) is 3.75. The molecule has 0 amide bonds. The Hall–Kier alpha value is -0.750. The normalized spacial score (nSPS) is 24.9. The van der Waals surface area contributed by atoms with Gasteiger partial charge >= 0.3 is 0 Å². The smallest absolute Gasteiger partial charge is 0.164 e. The van der Waals surface area contributed by atoms with E-state index in [1.807, 2.05) is 0 Å². The lowest BCUT2D eigenvalue weighted by Gasteiger charge is -2.20. The Bertz CT molecular complexity index is 427. The van der Waals surface area contributed by atoms with E-state index in [0.29, 0.717) is 5.56 Å². The van der Waals surface area contributed by atoms with Gasteiger partial charge < -0.3 is 14.6 Å². The molecule has 1 fully saturated rings. The highest BCUT2D eigenvalue weighted by Gasteiger charge is 2.37. The number of aliphatic hydroxyl groups excluding tert-OH is 1. The third-order valence-electron chi connectivity index (χ3n) is 2.54. The maximum Gasteiger partial charge on any atom is 0.164 e. The first kappa shape index (κ1) is 12.7. The highest BCUT2D eigenvalue weighted by Crippen LogP contribution is 2.31. The van der Waals surface area contributed by atoms with Crippen LogP contribution in [0.25, 0.3) is 0 Å². The predicted molar refractivity (Wildman–Crippen MR) is 59.1 cm³/mol. The molecule has 17 heavy (non-hydrogen) atoms. The van der Waals surface area contributed by atoms with Gasteiger partial charge in [0, 0.05) is 11.8 Å². The fourth-order valence-electron chi connectivity index (χ4n) is 1.68. The maximum atomic E-state index is 13.2. The van der Waals surface area contributed by atoms with Gasteiger partial charge in [-0.05, 0) is 19.9 Å². The van der Waals surface area contributed by atoms with Crippen LogP contribution in [-0.2, 0) is 9.47 Å². The summed E-state index contributed by atoms with van der Waals surface area (Å²) in [7, 11) is 0. The molecule has 4 nitrogen and oxygen atoms in total. The van der Waals surface area contributed by atoms with Crippen LogP contribution >= 0.6 is 11.6 Å². The summed E-state index contributed by atoms with van der Waals surface area (Å²) in [6.07, 6.45) is -0.200. The molecule has 2 atom stereocenters. The van der Waals surface area contributed by atoms with Gasteiger partial charge in [0.1, 0.15) is 12.2 Å². The number of halogens is 2. The minimum atomic E-state index is -0.990. The number of hydrogen-bond donors (Lipinski definition) is 1. The van der Waals surface area contributed by atoms with Crippen LogP contribution in [0.5, 0.6) is 0 Å². The molecule has 1 saturated heterocycles. The standard InChI is InChI=1S/C11H13ClFNO3/c1-11(2)16-5-8(17-11)9(15)6-3-7(13)10(12)14-4-6/h3-4,8-9,15H,5H2,1-2H3/t8?,9-/m1/s1. The Morgan fingerprint density at radius 3 is 2.88 bits per heavy atom. The third kappa shape index (κ3) is 2.74. The monoisotopic (exact) mass is 261 g/mol. The molecule has 0 spiro atoms. The van der Waals surface area contributed by atoms with Crippen LogP contribution in [0.4, 0.5) is 4.39 Å². The number of hydrogen-bond acceptors (Lipinski definition) is 4. The molecule has 1 aliphatic heterocycles. The SMILES string of the molecule is CC1(C)OCC([C@H](O)c2cnc(Cl)c(F)c2)O1. The van der Waals surface area contributed by atoms with Gasteiger partial charge in [-0.3, -0.25) is 0 Å². The number of aromatic nitrogens is 1. The second-order valence-electron chi connectivity index (χ2n) is 4.35. The first-order valence-electron chi connectivity index (χ1n) is 5.20. The summed E-state index contributed by atoms with van der Waals surface area (Å²) in [5, 5.41) is 9.80. The summed E-state index contributed by atoms with van der Waals surface area (Å²) >= 11 is 5.47. The van der Waals surface area contributed by atoms with Crippen molar-refractivity contribution in [2.24, 2.45) is 0 Å². The molecule has 1 aromatic rings. The van der Waals surface area contributed by atoms with Crippen molar-refractivity contribution in [2.45, 2.75) is 31.8 Å². The highest BCUT2D eigenvalue weighted by atomic mass is 35.5. The second kappa shape index (κ2) is 4.49. The van der Waals surface area contributed by atoms with Crippen LogP contribution in [0.3, 0.4) is 0 Å². The first-order valence-corrected chi connectivity index (χ1v) is 5.57. The molecule has 0 radical (unpaired) electrons. The van der Waals surface area contributed by atoms with E-state index in [1.165, 1.54) is 6.20 Å². The molecular weight excluding hydrogens is 249 g/mol. The molecule has 1 aromatic heterocycles. The number of ether oxygens (including phenoxy) is 2. The molecule has 0 aromatic carbocycles. The van der Waals surface area contributed by atoms with E-state index in [9.17, 15) is 9.50 Å². The predicted octanol–water partition coefficient (Wildman–Crippen LogP) is 2.06. The molecule has 0 saturated carbocycles. The Kier molecular flexibility index (Phi) is 3.36. The van der Waals surface area contributed by atoms with E-state index in [2.05, 4.69) is 4.98 Å². The number of aliphatic hydroxyl groups is 1. The van der Waals surface area contributed by atoms with Crippen LogP contribution in [0, 0.1) is 5.82 Å². The Morgan fingerprint density at radius 2 is 2.35 bits per heavy atom. The van der Waals surface area contributed by atoms with Gasteiger partial charge in [-0.15, -0.1) is 0 Å². The fraction of sp³-hybridized carbons (Fsp3) is 0.545. The molecule has 0 aliphatic carbocycles. The van der Waals surface area contributed by atoms with E-state index in [0.717, 1.165) is 6.07 Å². The topological polar surface area (TPSA) is 51.6 Å². The summed E-state index contributed by atoms with van der Waals surface area (Å²) in [4.78, 5) is 3.64. The second-order valence-corrected chi connectivity index (χ2v) is 4.71. The van der Waals surface area contributed by atoms with Crippen molar-refractivity contribution in [1.29, 1.82) is 0 Å². The summed E-state index contributed by atoms with van der Waals surface area (Å²) in [6, 6.07) is 1.15. The quantitative estimate of drug-likeness (QED) is 0.828. The lowest BCUT2D eigenvalue weighted by molar-refractivity contribution is -0.151. The van der Waals surface area contributed by atoms with Crippen molar-refractivity contribution < 1.29 is 19.0 Å². The van der Waals surface area contributed by atoms with Crippen LogP contribution in [0.1, 0.15) is 25.5 Å². The van der Waals surface area contributed by atoms with E-state index in [-0.39, 0.29) is 11.8 Å². The minimum absolute atomic E-state index is 0.218. The average Bonchev–Trinajstić information content (AvgIpc) is 2.62. The largest absolute Gasteiger partial charge is 0.386 e. The van der Waals surface area contributed by atoms with E-state index >= 15 is 0 Å². The van der Waals surface area contributed by atoms with Crippen molar-refractivity contribution >= 4 is 11.6 Å². The maximum absolute atomic E-state index is 13.2. The molecule has 0 bridgehead atoms. The summed E-state index contributed by atoms with van der Waals surface area (Å²) < 4.78 is 24.0. The fourth-order valence-corrected chi connectivity index (χ4v) is 1.79. The molecule has 6 heteroatoms. The van der Waals surface area contributed by atoms with Crippen LogP contribution in [0.2, 0.25) is 5.15 Å². The third-order valence-corrected chi connectivity index (χ3v) is 2.82. The van der Waals surface area contributed by atoms with Crippen LogP contribution in [-0.4, -0.2) is 28.6 Å². The van der Waals surface area contributed by atoms with E-state index < -0.39 is 23.8 Å². The van der Waals surface area contributed by atoms with Crippen molar-refractivity contribution in [3.05, 3.63) is 28.8 Å². The Labute approximate surface area is 103 Å². The molecule has 1 N–H and O–H groups in total. The van der Waals surface area contributed by atoms with E-state index in [4.69, 9.17) is 21.1 Å². The molecule has 1 aliphatic rings. The zero-order chi connectivity index (χ0) is 12.6. The van der Waals surface area contributed by atoms with Gasteiger partial charge in [0.25, 0.3) is 0 Å². The zero-order valence-electron chi connectivity index (χ0n) is 9.48. The molecule has 94 valence electrons. The highest BCUT2D eigenvalue weighted by molar-refractivity contribution is 6.29. The van der Waals surface area contributed by atoms with E-state index in [1.54, 1.807) is 13.8 Å². The number of nitrogens with zero attached hydrogens (tertiary/aromatic N) is 1. The minimum Gasteiger partial charge on any atom is -0.386 e. The van der Waals surface area contributed by atoms with Crippen molar-refractivity contribution in [1.82, 2.24) is 4.98 Å². The van der Waals surface area contributed by atoms with Gasteiger partial charge in [-0.25, -0.2) is 9.37 Å². The molecule has 2 heterocycles. The lowest BCUT2D eigenvalue weighted by Crippen LogP contribution is -2.25. The summed E-state index contributed by atoms with van der Waals surface area (Å²) in [5.41, 5.74) is 0.318. The van der Waals surface area contributed by atoms with Crippen molar-refractivity contribution in [3.63, 3.8) is 0 Å². The zero-order valence-corrected chi connectivity index (χ0v) is 10.2. The summed E-state index contributed by atoms with van der Waals surface area (Å²) in [5.74, 6) is -1.40. The van der Waals surface area contributed by atoms with Crippen molar-refractivity contribution in [2.75, 3.05) is 6.61 Å². The average molecular weight is 262 g/mol. The molecule has 2 rings (SSSR count). The van der Waals surface area contributed by atoms with Gasteiger partial charge in [-0.2, -0.15) is 0 Å². The van der Waals surface area contributed by atoms with Gasteiger partial charge in [0.2, 0.25) is 0 Å². The van der Waals surface area contributed by atoms with Crippen molar-refractivity contribution in [3.8, 4) is 0 Å². The number of rotatable bonds is 2. The Balaban J connectivity index is 2.15. The van der Waals surface area contributed by atoms with Gasteiger partial charge in [0.05, 0.1) is 6.61 Å². The Morgan fingerprint density at radius 1 is 1.65 bits per heavy atom. The number of pyridine rings is 1. The van der Waals surface area contributed by atoms with Crippen LogP contribution in [0.15, 0.2) is 12.3 Å². The lowest BCUT2D eigenvalue weighted by atomic mass is 10.1. The molecular formula is C11H13ClFNO3. The van der Waals surface area contributed by atoms with Crippen LogP contribution < -0.4 is 0 Å². The van der Waals surface area contributed by atoms with Gasteiger partial charge in [0.15, 0.2) is 16.8 Å².